The number of benzene rings is 1. The smallest absolute Gasteiger partial charge is 0.227 e. The fourth-order valence-corrected chi connectivity index (χ4v) is 3.68. The van der Waals surface area contributed by atoms with Crippen molar-refractivity contribution in [2.24, 2.45) is 0 Å². The number of aryl methyl sites for hydroxylation is 1. The standard InChI is InChI=1S/C22H33N5O/c1-5-11-27(12-6-2)22-23-18(3)17-21(24-22)26-15-13-25(14-16-26)19-7-9-20(28-4)10-8-19/h7-10,17H,5-6,11-16H2,1-4H3. The molecule has 1 aromatic heterocycles. The van der Waals surface area contributed by atoms with E-state index < -0.39 is 0 Å². The first-order valence-corrected chi connectivity index (χ1v) is 10.4. The lowest BCUT2D eigenvalue weighted by Crippen LogP contribution is -2.47. The summed E-state index contributed by atoms with van der Waals surface area (Å²) in [6.45, 7) is 12.4. The van der Waals surface area contributed by atoms with Gasteiger partial charge in [-0.05, 0) is 44.0 Å². The molecule has 152 valence electrons. The number of hydrogen-bond donors (Lipinski definition) is 0. The maximum Gasteiger partial charge on any atom is 0.227 e. The quantitative estimate of drug-likeness (QED) is 0.692. The van der Waals surface area contributed by atoms with Crippen molar-refractivity contribution >= 4 is 17.5 Å². The van der Waals surface area contributed by atoms with Gasteiger partial charge in [0.25, 0.3) is 0 Å². The Hall–Kier alpha value is -2.50. The Kier molecular flexibility index (Phi) is 6.95. The summed E-state index contributed by atoms with van der Waals surface area (Å²) < 4.78 is 5.26. The molecule has 0 amide bonds. The number of aromatic nitrogens is 2. The highest BCUT2D eigenvalue weighted by Gasteiger charge is 2.20. The number of piperazine rings is 1. The van der Waals surface area contributed by atoms with E-state index in [1.165, 1.54) is 5.69 Å². The van der Waals surface area contributed by atoms with Crippen LogP contribution in [-0.2, 0) is 0 Å². The molecule has 2 heterocycles. The van der Waals surface area contributed by atoms with Crippen LogP contribution in [0.2, 0.25) is 0 Å². The molecule has 0 saturated carbocycles. The summed E-state index contributed by atoms with van der Waals surface area (Å²) in [6.07, 6.45) is 2.21. The van der Waals surface area contributed by atoms with E-state index in [9.17, 15) is 0 Å². The third-order valence-electron chi connectivity index (χ3n) is 5.14. The molecule has 28 heavy (non-hydrogen) atoms. The first kappa shape index (κ1) is 20.2. The lowest BCUT2D eigenvalue weighted by Gasteiger charge is -2.37. The second-order valence-electron chi connectivity index (χ2n) is 7.33. The van der Waals surface area contributed by atoms with Gasteiger partial charge in [0.2, 0.25) is 5.95 Å². The van der Waals surface area contributed by atoms with E-state index in [0.717, 1.165) is 75.3 Å². The molecular formula is C22H33N5O. The van der Waals surface area contributed by atoms with Crippen molar-refractivity contribution in [1.29, 1.82) is 0 Å². The van der Waals surface area contributed by atoms with Crippen LogP contribution in [0.5, 0.6) is 5.75 Å². The summed E-state index contributed by atoms with van der Waals surface area (Å²) in [6, 6.07) is 10.4. The Bertz CT molecular complexity index is 735. The number of rotatable bonds is 8. The van der Waals surface area contributed by atoms with Gasteiger partial charge in [-0.1, -0.05) is 13.8 Å². The molecule has 6 nitrogen and oxygen atoms in total. The predicted molar refractivity (Wildman–Crippen MR) is 117 cm³/mol. The third kappa shape index (κ3) is 4.86. The number of ether oxygens (including phenoxy) is 1. The van der Waals surface area contributed by atoms with Gasteiger partial charge in [-0.2, -0.15) is 4.98 Å². The monoisotopic (exact) mass is 383 g/mol. The predicted octanol–water partition coefficient (Wildman–Crippen LogP) is 3.75. The fourth-order valence-electron chi connectivity index (χ4n) is 3.68. The Morgan fingerprint density at radius 1 is 0.929 bits per heavy atom. The minimum absolute atomic E-state index is 0.872. The third-order valence-corrected chi connectivity index (χ3v) is 5.14. The first-order chi connectivity index (χ1) is 13.6. The lowest BCUT2D eigenvalue weighted by atomic mass is 10.2. The van der Waals surface area contributed by atoms with Crippen LogP contribution in [0.15, 0.2) is 30.3 Å². The number of methoxy groups -OCH3 is 1. The van der Waals surface area contributed by atoms with Gasteiger partial charge >= 0.3 is 0 Å². The highest BCUT2D eigenvalue weighted by atomic mass is 16.5. The average molecular weight is 384 g/mol. The Labute approximate surface area is 169 Å². The van der Waals surface area contributed by atoms with Crippen molar-refractivity contribution < 1.29 is 4.74 Å². The van der Waals surface area contributed by atoms with Gasteiger partial charge in [0.15, 0.2) is 0 Å². The van der Waals surface area contributed by atoms with E-state index in [1.54, 1.807) is 7.11 Å². The SMILES string of the molecule is CCCN(CCC)c1nc(C)cc(N2CCN(c3ccc(OC)cc3)CC2)n1. The summed E-state index contributed by atoms with van der Waals surface area (Å²) in [4.78, 5) is 16.7. The molecule has 3 rings (SSSR count). The van der Waals surface area contributed by atoms with Crippen molar-refractivity contribution in [2.45, 2.75) is 33.6 Å². The number of nitrogens with zero attached hydrogens (tertiary/aromatic N) is 5. The molecular weight excluding hydrogens is 350 g/mol. The second kappa shape index (κ2) is 9.62. The molecule has 0 spiro atoms. The molecule has 0 N–H and O–H groups in total. The molecule has 0 bridgehead atoms. The van der Waals surface area contributed by atoms with Crippen LogP contribution in [0.4, 0.5) is 17.5 Å². The average Bonchev–Trinajstić information content (AvgIpc) is 2.73. The second-order valence-corrected chi connectivity index (χ2v) is 7.33. The van der Waals surface area contributed by atoms with E-state index in [0.29, 0.717) is 0 Å². The molecule has 0 aliphatic carbocycles. The van der Waals surface area contributed by atoms with Gasteiger partial charge in [0, 0.05) is 56.7 Å². The van der Waals surface area contributed by atoms with E-state index in [4.69, 9.17) is 14.7 Å². The molecule has 1 fully saturated rings. The van der Waals surface area contributed by atoms with Crippen molar-refractivity contribution in [3.8, 4) is 5.75 Å². The summed E-state index contributed by atoms with van der Waals surface area (Å²) in [5, 5.41) is 0. The molecule has 1 aliphatic heterocycles. The summed E-state index contributed by atoms with van der Waals surface area (Å²) in [5.41, 5.74) is 2.28. The Balaban J connectivity index is 1.69. The van der Waals surface area contributed by atoms with Crippen LogP contribution in [-0.4, -0.2) is 56.3 Å². The van der Waals surface area contributed by atoms with Gasteiger partial charge < -0.3 is 19.4 Å². The summed E-state index contributed by atoms with van der Waals surface area (Å²) in [5.74, 6) is 2.82. The summed E-state index contributed by atoms with van der Waals surface area (Å²) in [7, 11) is 1.70. The topological polar surface area (TPSA) is 44.7 Å². The van der Waals surface area contributed by atoms with Gasteiger partial charge in [-0.3, -0.25) is 0 Å². The van der Waals surface area contributed by atoms with Crippen LogP contribution in [0.3, 0.4) is 0 Å². The van der Waals surface area contributed by atoms with Gasteiger partial charge in [-0.15, -0.1) is 0 Å². The van der Waals surface area contributed by atoms with Crippen molar-refractivity contribution in [3.63, 3.8) is 0 Å². The Morgan fingerprint density at radius 3 is 2.11 bits per heavy atom. The van der Waals surface area contributed by atoms with Gasteiger partial charge in [0.1, 0.15) is 11.6 Å². The van der Waals surface area contributed by atoms with Crippen LogP contribution >= 0.6 is 0 Å². The van der Waals surface area contributed by atoms with Gasteiger partial charge in [-0.25, -0.2) is 4.98 Å². The maximum absolute atomic E-state index is 5.26. The van der Waals surface area contributed by atoms with E-state index >= 15 is 0 Å². The first-order valence-electron chi connectivity index (χ1n) is 10.4. The largest absolute Gasteiger partial charge is 0.497 e. The van der Waals surface area contributed by atoms with Crippen LogP contribution in [0, 0.1) is 6.92 Å². The zero-order valence-electron chi connectivity index (χ0n) is 17.7. The van der Waals surface area contributed by atoms with E-state index in [1.807, 2.05) is 12.1 Å². The molecule has 2 aromatic rings. The zero-order chi connectivity index (χ0) is 19.9. The van der Waals surface area contributed by atoms with Crippen molar-refractivity contribution in [1.82, 2.24) is 9.97 Å². The number of hydrogen-bond acceptors (Lipinski definition) is 6. The lowest BCUT2D eigenvalue weighted by molar-refractivity contribution is 0.415. The van der Waals surface area contributed by atoms with E-state index in [2.05, 4.69) is 53.7 Å². The molecule has 1 aliphatic rings. The van der Waals surface area contributed by atoms with Crippen LogP contribution in [0.25, 0.3) is 0 Å². The van der Waals surface area contributed by atoms with Crippen LogP contribution in [0.1, 0.15) is 32.4 Å². The molecule has 1 saturated heterocycles. The maximum atomic E-state index is 5.26. The minimum Gasteiger partial charge on any atom is -0.497 e. The molecule has 0 radical (unpaired) electrons. The molecule has 0 unspecified atom stereocenters. The molecule has 0 atom stereocenters. The van der Waals surface area contributed by atoms with Gasteiger partial charge in [0.05, 0.1) is 7.11 Å². The highest BCUT2D eigenvalue weighted by molar-refractivity contribution is 5.52. The summed E-state index contributed by atoms with van der Waals surface area (Å²) >= 11 is 0. The highest BCUT2D eigenvalue weighted by Crippen LogP contribution is 2.23. The Morgan fingerprint density at radius 2 is 1.54 bits per heavy atom. The normalized spacial score (nSPS) is 14.3. The zero-order valence-corrected chi connectivity index (χ0v) is 17.7. The number of anilines is 3. The van der Waals surface area contributed by atoms with Crippen molar-refractivity contribution in [2.75, 3.05) is 61.1 Å². The molecule has 6 heteroatoms. The molecule has 1 aromatic carbocycles. The fraction of sp³-hybridized carbons (Fsp3) is 0.545. The van der Waals surface area contributed by atoms with E-state index in [-0.39, 0.29) is 0 Å². The van der Waals surface area contributed by atoms with Crippen LogP contribution < -0.4 is 19.4 Å². The minimum atomic E-state index is 0.872. The van der Waals surface area contributed by atoms with Crippen molar-refractivity contribution in [3.05, 3.63) is 36.0 Å².